The molecule has 0 aliphatic heterocycles. The van der Waals surface area contributed by atoms with Crippen molar-refractivity contribution in [2.75, 3.05) is 14.2 Å². The lowest BCUT2D eigenvalue weighted by Crippen LogP contribution is -2.34. The lowest BCUT2D eigenvalue weighted by Gasteiger charge is -2.14. The molecule has 0 amide bonds. The average molecular weight is 525 g/mol. The molecule has 1 aromatic heterocycles. The molecule has 10 heteroatoms. The Morgan fingerprint density at radius 1 is 0.806 bits per heavy atom. The van der Waals surface area contributed by atoms with Crippen molar-refractivity contribution in [2.24, 2.45) is 0 Å². The summed E-state index contributed by atoms with van der Waals surface area (Å²) in [4.78, 5) is 0. The third-order valence-corrected chi connectivity index (χ3v) is 6.65. The Morgan fingerprint density at radius 2 is 1.28 bits per heavy atom. The van der Waals surface area contributed by atoms with E-state index in [9.17, 15) is 9.67 Å². The van der Waals surface area contributed by atoms with Crippen molar-refractivity contribution < 1.29 is 32.5 Å². The Labute approximate surface area is 214 Å². The fraction of sp³-hybridized carbons (Fsp3) is 0.0769. The Bertz CT molecular complexity index is 1310. The van der Waals surface area contributed by atoms with Crippen LogP contribution in [0.5, 0.6) is 28.7 Å². The average Bonchev–Trinajstić information content (AvgIpc) is 2.92. The summed E-state index contributed by atoms with van der Waals surface area (Å²) in [5.74, 6) is 1.96. The zero-order valence-electron chi connectivity index (χ0n) is 19.4. The number of nitriles is 1. The summed E-state index contributed by atoms with van der Waals surface area (Å²) in [5, 5.41) is 19.3. The van der Waals surface area contributed by atoms with Gasteiger partial charge in [-0.2, -0.15) is 9.83 Å². The Kier molecular flexibility index (Phi) is 9.18. The fourth-order valence-electron chi connectivity index (χ4n) is 2.80. The summed E-state index contributed by atoms with van der Waals surface area (Å²) in [5.41, 5.74) is 0.231. The summed E-state index contributed by atoms with van der Waals surface area (Å²) < 4.78 is 36.7. The van der Waals surface area contributed by atoms with Crippen LogP contribution in [-0.2, 0) is 4.57 Å². The van der Waals surface area contributed by atoms with Crippen molar-refractivity contribution in [1.82, 2.24) is 0 Å². The van der Waals surface area contributed by atoms with Gasteiger partial charge < -0.3 is 23.6 Å². The smallest absolute Gasteiger partial charge is 0.728 e. The second-order valence-corrected chi connectivity index (χ2v) is 9.18. The van der Waals surface area contributed by atoms with Gasteiger partial charge in [0.1, 0.15) is 29.1 Å². The SMILES string of the molecule is COc1ccc(OP(=O)(Oc2ccc(OC)cc2)[n+]2ccccc2)cc1.N#Cc1cc([O-])ccc1Cl. The highest BCUT2D eigenvalue weighted by Crippen LogP contribution is 2.44. The first-order chi connectivity index (χ1) is 17.4. The van der Waals surface area contributed by atoms with Crippen molar-refractivity contribution in [1.29, 1.82) is 5.26 Å². The molecule has 1 heterocycles. The Balaban J connectivity index is 0.000000303. The van der Waals surface area contributed by atoms with Crippen LogP contribution < -0.4 is 28.0 Å². The van der Waals surface area contributed by atoms with Crippen LogP contribution in [0.15, 0.2) is 97.3 Å². The fourth-order valence-corrected chi connectivity index (χ4v) is 4.44. The number of ether oxygens (including phenoxy) is 2. The van der Waals surface area contributed by atoms with E-state index in [1.54, 1.807) is 93.3 Å². The van der Waals surface area contributed by atoms with E-state index in [4.69, 9.17) is 35.4 Å². The van der Waals surface area contributed by atoms with Gasteiger partial charge >= 0.3 is 7.75 Å². The lowest BCUT2D eigenvalue weighted by atomic mass is 10.2. The van der Waals surface area contributed by atoms with Crippen LogP contribution in [0.1, 0.15) is 5.56 Å². The molecule has 0 unspecified atom stereocenters. The topological polar surface area (TPSA) is 105 Å². The molecule has 8 nitrogen and oxygen atoms in total. The maximum Gasteiger partial charge on any atom is 0.728 e. The standard InChI is InChI=1S/C19H19NO5P.C7H4ClNO/c1-22-16-6-10-18(11-7-16)24-26(21,20-14-4-3-5-15-20)25-19-12-8-17(23-2)9-13-19;8-7-2-1-6(10)3-5(7)4-9/h3-15H,1-2H3;1-3,10H/q+1;/p-1. The minimum Gasteiger partial charge on any atom is -0.872 e. The van der Waals surface area contributed by atoms with E-state index >= 15 is 0 Å². The highest BCUT2D eigenvalue weighted by atomic mass is 35.5. The van der Waals surface area contributed by atoms with Crippen molar-refractivity contribution in [3.8, 4) is 34.8 Å². The van der Waals surface area contributed by atoms with Crippen LogP contribution in [0.3, 0.4) is 0 Å². The molecule has 0 aliphatic rings. The van der Waals surface area contributed by atoms with Crippen LogP contribution in [0.25, 0.3) is 0 Å². The van der Waals surface area contributed by atoms with Gasteiger partial charge in [0.25, 0.3) is 0 Å². The molecule has 3 aromatic carbocycles. The highest BCUT2D eigenvalue weighted by molar-refractivity contribution is 7.47. The maximum absolute atomic E-state index is 13.5. The van der Waals surface area contributed by atoms with E-state index in [1.807, 2.05) is 6.07 Å². The number of pyridine rings is 1. The van der Waals surface area contributed by atoms with Crippen LogP contribution in [0.2, 0.25) is 5.02 Å². The van der Waals surface area contributed by atoms with Crippen molar-refractivity contribution in [2.45, 2.75) is 0 Å². The second-order valence-electron chi connectivity index (χ2n) is 7.01. The number of methoxy groups -OCH3 is 2. The number of hydrogen-bond donors (Lipinski definition) is 0. The minimum atomic E-state index is -3.73. The van der Waals surface area contributed by atoms with Crippen LogP contribution in [-0.4, -0.2) is 14.2 Å². The molecule has 4 rings (SSSR count). The molecule has 0 spiro atoms. The molecule has 0 aliphatic carbocycles. The molecular weight excluding hydrogens is 503 g/mol. The predicted molar refractivity (Wildman–Crippen MR) is 132 cm³/mol. The minimum absolute atomic E-state index is 0.194. The van der Waals surface area contributed by atoms with E-state index in [1.165, 1.54) is 22.5 Å². The molecule has 36 heavy (non-hydrogen) atoms. The molecule has 0 fully saturated rings. The van der Waals surface area contributed by atoms with E-state index in [0.717, 1.165) is 0 Å². The number of benzene rings is 3. The number of aromatic nitrogens is 1. The van der Waals surface area contributed by atoms with Gasteiger partial charge in [0.2, 0.25) is 0 Å². The molecule has 0 bridgehead atoms. The molecule has 4 aromatic rings. The van der Waals surface area contributed by atoms with E-state index in [2.05, 4.69) is 0 Å². The Hall–Kier alpha value is -4.18. The molecule has 0 saturated carbocycles. The summed E-state index contributed by atoms with van der Waals surface area (Å²) in [7, 11) is -0.574. The third kappa shape index (κ3) is 7.16. The zero-order chi connectivity index (χ0) is 26.0. The summed E-state index contributed by atoms with van der Waals surface area (Å²) in [6.07, 6.45) is 3.27. The normalized spacial score (nSPS) is 10.3. The second kappa shape index (κ2) is 12.5. The first-order valence-electron chi connectivity index (χ1n) is 10.5. The van der Waals surface area contributed by atoms with Gasteiger partial charge in [-0.3, -0.25) is 0 Å². The third-order valence-electron chi connectivity index (χ3n) is 4.60. The van der Waals surface area contributed by atoms with Gasteiger partial charge in [0.05, 0.1) is 24.8 Å². The van der Waals surface area contributed by atoms with E-state index in [-0.39, 0.29) is 11.3 Å². The molecule has 0 N–H and O–H groups in total. The van der Waals surface area contributed by atoms with Crippen molar-refractivity contribution in [3.05, 3.63) is 108 Å². The predicted octanol–water partition coefficient (Wildman–Crippen LogP) is 5.39. The molecular formula is C26H22ClN2O6P. The molecule has 0 radical (unpaired) electrons. The number of rotatable bonds is 7. The van der Waals surface area contributed by atoms with E-state index < -0.39 is 7.75 Å². The van der Waals surface area contributed by atoms with Gasteiger partial charge in [-0.1, -0.05) is 34.1 Å². The van der Waals surface area contributed by atoms with Crippen LogP contribution >= 0.6 is 19.3 Å². The van der Waals surface area contributed by atoms with Crippen molar-refractivity contribution >= 4 is 19.3 Å². The van der Waals surface area contributed by atoms with Gasteiger partial charge in [0, 0.05) is 12.1 Å². The quantitative estimate of drug-likeness (QED) is 0.298. The van der Waals surface area contributed by atoms with Crippen molar-refractivity contribution in [3.63, 3.8) is 0 Å². The molecule has 184 valence electrons. The van der Waals surface area contributed by atoms with E-state index in [0.29, 0.717) is 28.0 Å². The van der Waals surface area contributed by atoms with Gasteiger partial charge in [-0.25, -0.2) is 0 Å². The van der Waals surface area contributed by atoms with Gasteiger partial charge in [-0.15, -0.1) is 5.75 Å². The Morgan fingerprint density at radius 3 is 1.69 bits per heavy atom. The number of halogens is 1. The summed E-state index contributed by atoms with van der Waals surface area (Å²) in [6.45, 7) is 0. The largest absolute Gasteiger partial charge is 0.872 e. The maximum atomic E-state index is 13.5. The first-order valence-corrected chi connectivity index (χ1v) is 12.4. The summed E-state index contributed by atoms with van der Waals surface area (Å²) in [6, 6.07) is 24.7. The number of hydrogen-bond acceptors (Lipinski definition) is 7. The molecule has 0 atom stereocenters. The van der Waals surface area contributed by atoms with Crippen LogP contribution in [0.4, 0.5) is 0 Å². The number of nitrogens with zero attached hydrogens (tertiary/aromatic N) is 2. The first kappa shape index (κ1) is 26.4. The summed E-state index contributed by atoms with van der Waals surface area (Å²) >= 11 is 5.53. The highest BCUT2D eigenvalue weighted by Gasteiger charge is 2.42. The van der Waals surface area contributed by atoms with Crippen LogP contribution in [0, 0.1) is 11.3 Å². The van der Waals surface area contributed by atoms with Gasteiger partial charge in [0.15, 0.2) is 12.4 Å². The molecule has 0 saturated heterocycles. The van der Waals surface area contributed by atoms with Gasteiger partial charge in [-0.05, 0) is 54.6 Å². The lowest BCUT2D eigenvalue weighted by molar-refractivity contribution is -0.536. The monoisotopic (exact) mass is 524 g/mol. The zero-order valence-corrected chi connectivity index (χ0v) is 21.1.